The van der Waals surface area contributed by atoms with Crippen LogP contribution in [0.4, 0.5) is 0 Å². The van der Waals surface area contributed by atoms with Gasteiger partial charge < -0.3 is 4.74 Å². The van der Waals surface area contributed by atoms with Gasteiger partial charge in [0.15, 0.2) is 0 Å². The van der Waals surface area contributed by atoms with Crippen LogP contribution in [0, 0.1) is 25.2 Å². The lowest BCUT2D eigenvalue weighted by Gasteiger charge is -2.07. The normalized spacial score (nSPS) is 10.3. The number of benzene rings is 2. The zero-order valence-corrected chi connectivity index (χ0v) is 14.8. The number of carbonyl (C=O) groups is 1. The summed E-state index contributed by atoms with van der Waals surface area (Å²) >= 11 is 0. The lowest BCUT2D eigenvalue weighted by Crippen LogP contribution is -2.09. The molecule has 0 aliphatic carbocycles. The second-order valence-corrected chi connectivity index (χ2v) is 6.03. The van der Waals surface area contributed by atoms with E-state index in [9.17, 15) is 4.79 Å². The minimum Gasteiger partial charge on any atom is -0.457 e. The van der Waals surface area contributed by atoms with Crippen molar-refractivity contribution in [2.24, 2.45) is 0 Å². The summed E-state index contributed by atoms with van der Waals surface area (Å²) in [6.45, 7) is 4.32. The Morgan fingerprint density at radius 2 is 1.81 bits per heavy atom. The highest BCUT2D eigenvalue weighted by molar-refractivity contribution is 5.91. The summed E-state index contributed by atoms with van der Waals surface area (Å²) in [5, 5.41) is 13.6. The molecule has 0 fully saturated rings. The summed E-state index contributed by atoms with van der Waals surface area (Å²) < 4.78 is 7.25. The number of hydrogen-bond donors (Lipinski definition) is 0. The molecular formula is C21H19N3O2. The van der Waals surface area contributed by atoms with E-state index in [4.69, 9.17) is 10.00 Å². The molecule has 0 amide bonds. The average Bonchev–Trinajstić information content (AvgIpc) is 2.94. The Labute approximate surface area is 152 Å². The number of aromatic nitrogens is 2. The first-order valence-corrected chi connectivity index (χ1v) is 8.33. The predicted molar refractivity (Wildman–Crippen MR) is 97.5 cm³/mol. The Hall–Kier alpha value is -3.39. The van der Waals surface area contributed by atoms with Crippen molar-refractivity contribution in [3.05, 3.63) is 88.2 Å². The first-order chi connectivity index (χ1) is 12.6. The van der Waals surface area contributed by atoms with Gasteiger partial charge in [-0.05, 0) is 25.5 Å². The van der Waals surface area contributed by atoms with Crippen molar-refractivity contribution in [3.8, 4) is 6.07 Å². The SMILES string of the molecule is Cc1nn(Cc2ccccc2)c(C)c1C(=O)OCc1ccccc1C#N. The van der Waals surface area contributed by atoms with Crippen LogP contribution >= 0.6 is 0 Å². The van der Waals surface area contributed by atoms with E-state index < -0.39 is 5.97 Å². The van der Waals surface area contributed by atoms with Gasteiger partial charge >= 0.3 is 5.97 Å². The molecule has 3 aromatic rings. The first-order valence-electron chi connectivity index (χ1n) is 8.33. The quantitative estimate of drug-likeness (QED) is 0.660. The molecule has 0 saturated carbocycles. The van der Waals surface area contributed by atoms with Crippen LogP contribution in [0.25, 0.3) is 0 Å². The minimum atomic E-state index is -0.424. The van der Waals surface area contributed by atoms with E-state index in [1.54, 1.807) is 25.1 Å². The summed E-state index contributed by atoms with van der Waals surface area (Å²) in [6, 6.07) is 19.2. The van der Waals surface area contributed by atoms with Crippen molar-refractivity contribution < 1.29 is 9.53 Å². The summed E-state index contributed by atoms with van der Waals surface area (Å²) in [6.07, 6.45) is 0. The van der Waals surface area contributed by atoms with Crippen LogP contribution in [0.2, 0.25) is 0 Å². The van der Waals surface area contributed by atoms with Crippen molar-refractivity contribution in [3.63, 3.8) is 0 Å². The van der Waals surface area contributed by atoms with E-state index >= 15 is 0 Å². The fraction of sp³-hybridized carbons (Fsp3) is 0.190. The van der Waals surface area contributed by atoms with Crippen molar-refractivity contribution in [1.82, 2.24) is 9.78 Å². The molecule has 1 aromatic heterocycles. The Kier molecular flexibility index (Phi) is 5.14. The van der Waals surface area contributed by atoms with E-state index in [0.717, 1.165) is 11.3 Å². The molecule has 0 spiro atoms. The minimum absolute atomic E-state index is 0.0608. The van der Waals surface area contributed by atoms with Crippen LogP contribution in [0.5, 0.6) is 0 Å². The van der Waals surface area contributed by atoms with E-state index in [-0.39, 0.29) is 6.61 Å². The third-order valence-electron chi connectivity index (χ3n) is 4.26. The zero-order valence-electron chi connectivity index (χ0n) is 14.8. The monoisotopic (exact) mass is 345 g/mol. The second-order valence-electron chi connectivity index (χ2n) is 6.03. The fourth-order valence-corrected chi connectivity index (χ4v) is 2.87. The summed E-state index contributed by atoms with van der Waals surface area (Å²) in [5.41, 5.74) is 4.20. The molecule has 0 aliphatic rings. The lowest BCUT2D eigenvalue weighted by atomic mass is 10.1. The summed E-state index contributed by atoms with van der Waals surface area (Å²) in [7, 11) is 0. The fourth-order valence-electron chi connectivity index (χ4n) is 2.87. The van der Waals surface area contributed by atoms with E-state index in [2.05, 4.69) is 11.2 Å². The number of rotatable bonds is 5. The van der Waals surface area contributed by atoms with Gasteiger partial charge in [-0.1, -0.05) is 48.5 Å². The van der Waals surface area contributed by atoms with Gasteiger partial charge in [-0.3, -0.25) is 4.68 Å². The smallest absolute Gasteiger partial charge is 0.342 e. The van der Waals surface area contributed by atoms with Gasteiger partial charge in [0.25, 0.3) is 0 Å². The highest BCUT2D eigenvalue weighted by Crippen LogP contribution is 2.17. The highest BCUT2D eigenvalue weighted by atomic mass is 16.5. The Morgan fingerprint density at radius 1 is 1.12 bits per heavy atom. The average molecular weight is 345 g/mol. The first kappa shape index (κ1) is 17.4. The van der Waals surface area contributed by atoms with Crippen LogP contribution in [-0.4, -0.2) is 15.7 Å². The zero-order chi connectivity index (χ0) is 18.5. The van der Waals surface area contributed by atoms with Crippen molar-refractivity contribution >= 4 is 5.97 Å². The van der Waals surface area contributed by atoms with Gasteiger partial charge in [0, 0.05) is 5.56 Å². The molecule has 0 radical (unpaired) electrons. The molecule has 0 atom stereocenters. The number of aryl methyl sites for hydroxylation is 1. The molecule has 0 bridgehead atoms. The number of ether oxygens (including phenoxy) is 1. The number of carbonyl (C=O) groups excluding carboxylic acids is 1. The molecule has 0 N–H and O–H groups in total. The number of hydrogen-bond acceptors (Lipinski definition) is 4. The van der Waals surface area contributed by atoms with Crippen LogP contribution < -0.4 is 0 Å². The van der Waals surface area contributed by atoms with E-state index in [0.29, 0.717) is 28.9 Å². The predicted octanol–water partition coefficient (Wildman–Crippen LogP) is 3.78. The third kappa shape index (κ3) is 3.65. The number of esters is 1. The third-order valence-corrected chi connectivity index (χ3v) is 4.26. The van der Waals surface area contributed by atoms with Crippen molar-refractivity contribution in [2.45, 2.75) is 27.0 Å². The maximum atomic E-state index is 12.6. The molecule has 3 rings (SSSR count). The molecule has 0 saturated heterocycles. The van der Waals surface area contributed by atoms with E-state index in [1.165, 1.54) is 0 Å². The molecule has 130 valence electrons. The van der Waals surface area contributed by atoms with Crippen LogP contribution in [0.3, 0.4) is 0 Å². The van der Waals surface area contributed by atoms with Crippen LogP contribution in [0.1, 0.15) is 38.4 Å². The van der Waals surface area contributed by atoms with Gasteiger partial charge in [-0.15, -0.1) is 0 Å². The number of nitrogens with zero attached hydrogens (tertiary/aromatic N) is 3. The van der Waals surface area contributed by atoms with Gasteiger partial charge in [0.05, 0.1) is 29.6 Å². The van der Waals surface area contributed by atoms with Crippen molar-refractivity contribution in [2.75, 3.05) is 0 Å². The van der Waals surface area contributed by atoms with Gasteiger partial charge in [0.1, 0.15) is 12.2 Å². The maximum absolute atomic E-state index is 12.6. The lowest BCUT2D eigenvalue weighted by molar-refractivity contribution is 0.0470. The highest BCUT2D eigenvalue weighted by Gasteiger charge is 2.20. The van der Waals surface area contributed by atoms with Gasteiger partial charge in [-0.2, -0.15) is 10.4 Å². The maximum Gasteiger partial charge on any atom is 0.342 e. The molecular weight excluding hydrogens is 326 g/mol. The van der Waals surface area contributed by atoms with Crippen LogP contribution in [-0.2, 0) is 17.9 Å². The Bertz CT molecular complexity index is 969. The van der Waals surface area contributed by atoms with Crippen LogP contribution in [0.15, 0.2) is 54.6 Å². The number of nitriles is 1. The molecule has 5 heteroatoms. The van der Waals surface area contributed by atoms with E-state index in [1.807, 2.05) is 48.0 Å². The molecule has 26 heavy (non-hydrogen) atoms. The molecule has 1 heterocycles. The summed E-state index contributed by atoms with van der Waals surface area (Å²) in [4.78, 5) is 12.6. The van der Waals surface area contributed by atoms with Crippen molar-refractivity contribution in [1.29, 1.82) is 5.26 Å². The van der Waals surface area contributed by atoms with Gasteiger partial charge in [0.2, 0.25) is 0 Å². The molecule has 0 unspecified atom stereocenters. The second kappa shape index (κ2) is 7.66. The topological polar surface area (TPSA) is 67.9 Å². The Balaban J connectivity index is 1.76. The molecule has 2 aromatic carbocycles. The largest absolute Gasteiger partial charge is 0.457 e. The Morgan fingerprint density at radius 3 is 2.54 bits per heavy atom. The molecule has 5 nitrogen and oxygen atoms in total. The molecule has 0 aliphatic heterocycles. The van der Waals surface area contributed by atoms with Gasteiger partial charge in [-0.25, -0.2) is 4.79 Å². The standard InChI is InChI=1S/C21H19N3O2/c1-15-20(16(2)24(23-15)13-17-8-4-3-5-9-17)21(25)26-14-19-11-7-6-10-18(19)12-22/h3-11H,13-14H2,1-2H3. The summed E-state index contributed by atoms with van der Waals surface area (Å²) in [5.74, 6) is -0.424.